The lowest BCUT2D eigenvalue weighted by Crippen LogP contribution is -2.44. The minimum atomic E-state index is -0.857. The smallest absolute Gasteiger partial charge is 0.308 e. The third-order valence-electron chi connectivity index (χ3n) is 3.37. The summed E-state index contributed by atoms with van der Waals surface area (Å²) in [5.74, 6) is -1.14. The average molecular weight is 377 g/mol. The lowest BCUT2D eigenvalue weighted by Gasteiger charge is -2.30. The summed E-state index contributed by atoms with van der Waals surface area (Å²) in [4.78, 5) is 24.6. The summed E-state index contributed by atoms with van der Waals surface area (Å²) in [6, 6.07) is 5.13. The molecule has 0 unspecified atom stereocenters. The quantitative estimate of drug-likeness (QED) is 0.877. The number of likely N-dealkylation sites (tertiary alicyclic amines) is 1. The first kappa shape index (κ1) is 16.1. The second kappa shape index (κ2) is 7.13. The molecule has 1 saturated heterocycles. The van der Waals surface area contributed by atoms with Gasteiger partial charge in [0.2, 0.25) is 0 Å². The lowest BCUT2D eigenvalue weighted by atomic mass is 9.98. The van der Waals surface area contributed by atoms with Gasteiger partial charge in [-0.15, -0.1) is 0 Å². The number of hydrogen-bond acceptors (Lipinski definition) is 3. The van der Waals surface area contributed by atoms with Crippen LogP contribution in [0.5, 0.6) is 5.75 Å². The number of benzene rings is 1. The monoisotopic (exact) mass is 375 g/mol. The number of carbonyl (C=O) groups excluding carboxylic acids is 1. The molecule has 2 rings (SSSR count). The molecular weight excluding hydrogens is 362 g/mol. The first-order valence-electron chi connectivity index (χ1n) is 6.56. The molecule has 21 heavy (non-hydrogen) atoms. The van der Waals surface area contributed by atoms with E-state index in [0.717, 1.165) is 4.47 Å². The van der Waals surface area contributed by atoms with Gasteiger partial charge in [0, 0.05) is 17.6 Å². The van der Waals surface area contributed by atoms with Gasteiger partial charge in [-0.1, -0.05) is 27.5 Å². The molecule has 1 aromatic carbocycles. The molecule has 0 saturated carbocycles. The van der Waals surface area contributed by atoms with Crippen LogP contribution in [0.2, 0.25) is 5.02 Å². The number of aliphatic carboxylic acids is 1. The summed E-state index contributed by atoms with van der Waals surface area (Å²) in [5, 5.41) is 9.43. The number of carboxylic acid groups (broad SMARTS) is 1. The molecule has 0 aromatic heterocycles. The molecule has 1 amide bonds. The van der Waals surface area contributed by atoms with Crippen molar-refractivity contribution in [1.29, 1.82) is 0 Å². The topological polar surface area (TPSA) is 66.8 Å². The predicted octanol–water partition coefficient (Wildman–Crippen LogP) is 2.80. The molecule has 114 valence electrons. The van der Waals surface area contributed by atoms with E-state index < -0.39 is 11.9 Å². The molecule has 0 bridgehead atoms. The molecule has 1 aliphatic rings. The molecular formula is C14H15BrClNO4. The lowest BCUT2D eigenvalue weighted by molar-refractivity contribution is -0.146. The fourth-order valence-electron chi connectivity index (χ4n) is 2.23. The van der Waals surface area contributed by atoms with Crippen LogP contribution in [0, 0.1) is 5.92 Å². The third kappa shape index (κ3) is 4.35. The Balaban J connectivity index is 1.90. The summed E-state index contributed by atoms with van der Waals surface area (Å²) in [5.41, 5.74) is 0. The second-order valence-electron chi connectivity index (χ2n) is 4.88. The van der Waals surface area contributed by atoms with E-state index in [1.807, 2.05) is 0 Å². The van der Waals surface area contributed by atoms with E-state index in [2.05, 4.69) is 15.9 Å². The molecule has 1 aliphatic heterocycles. The molecule has 0 spiro atoms. The maximum atomic E-state index is 12.1. The van der Waals surface area contributed by atoms with E-state index in [1.54, 1.807) is 18.2 Å². The number of nitrogens with zero attached hydrogens (tertiary/aromatic N) is 1. The first-order chi connectivity index (χ1) is 9.97. The van der Waals surface area contributed by atoms with Gasteiger partial charge in [-0.25, -0.2) is 0 Å². The van der Waals surface area contributed by atoms with E-state index in [4.69, 9.17) is 21.4 Å². The van der Waals surface area contributed by atoms with E-state index in [-0.39, 0.29) is 19.1 Å². The van der Waals surface area contributed by atoms with Crippen LogP contribution in [0.3, 0.4) is 0 Å². The Morgan fingerprint density at radius 3 is 2.90 bits per heavy atom. The van der Waals surface area contributed by atoms with Crippen LogP contribution < -0.4 is 4.74 Å². The van der Waals surface area contributed by atoms with E-state index in [0.29, 0.717) is 30.2 Å². The Hall–Kier alpha value is -1.27. The maximum absolute atomic E-state index is 12.1. The number of ether oxygens (including phenoxy) is 1. The number of hydrogen-bond donors (Lipinski definition) is 1. The molecule has 1 heterocycles. The molecule has 1 N–H and O–H groups in total. The Labute approximate surface area is 136 Å². The van der Waals surface area contributed by atoms with Gasteiger partial charge in [0.1, 0.15) is 5.75 Å². The van der Waals surface area contributed by atoms with Crippen molar-refractivity contribution < 1.29 is 19.4 Å². The van der Waals surface area contributed by atoms with Crippen molar-refractivity contribution in [2.24, 2.45) is 5.92 Å². The summed E-state index contributed by atoms with van der Waals surface area (Å²) in [6.07, 6.45) is 1.31. The summed E-state index contributed by atoms with van der Waals surface area (Å²) < 4.78 is 6.24. The van der Waals surface area contributed by atoms with Gasteiger partial charge in [0.25, 0.3) is 5.91 Å². The Kier molecular flexibility index (Phi) is 5.47. The van der Waals surface area contributed by atoms with Crippen LogP contribution in [0.15, 0.2) is 22.7 Å². The Morgan fingerprint density at radius 2 is 2.24 bits per heavy atom. The Morgan fingerprint density at radius 1 is 1.48 bits per heavy atom. The number of carbonyl (C=O) groups is 2. The predicted molar refractivity (Wildman–Crippen MR) is 81.6 cm³/mol. The van der Waals surface area contributed by atoms with Crippen LogP contribution >= 0.6 is 27.5 Å². The molecule has 0 aliphatic carbocycles. The van der Waals surface area contributed by atoms with Crippen molar-refractivity contribution in [2.45, 2.75) is 12.8 Å². The highest BCUT2D eigenvalue weighted by molar-refractivity contribution is 9.10. The molecule has 1 atom stereocenters. The van der Waals surface area contributed by atoms with Crippen LogP contribution in [0.4, 0.5) is 0 Å². The number of piperidine rings is 1. The van der Waals surface area contributed by atoms with Gasteiger partial charge < -0.3 is 14.7 Å². The maximum Gasteiger partial charge on any atom is 0.308 e. The van der Waals surface area contributed by atoms with E-state index in [1.165, 1.54) is 4.90 Å². The van der Waals surface area contributed by atoms with Gasteiger partial charge in [-0.05, 0) is 31.0 Å². The van der Waals surface area contributed by atoms with Crippen molar-refractivity contribution in [1.82, 2.24) is 4.90 Å². The van der Waals surface area contributed by atoms with Gasteiger partial charge in [-0.3, -0.25) is 9.59 Å². The normalized spacial score (nSPS) is 18.4. The van der Waals surface area contributed by atoms with Crippen LogP contribution in [0.25, 0.3) is 0 Å². The van der Waals surface area contributed by atoms with Crippen LogP contribution in [0.1, 0.15) is 12.8 Å². The fraction of sp³-hybridized carbons (Fsp3) is 0.429. The molecule has 5 nitrogen and oxygen atoms in total. The number of rotatable bonds is 4. The van der Waals surface area contributed by atoms with Gasteiger partial charge in [0.05, 0.1) is 10.9 Å². The highest BCUT2D eigenvalue weighted by Crippen LogP contribution is 2.27. The van der Waals surface area contributed by atoms with Crippen molar-refractivity contribution in [3.8, 4) is 5.75 Å². The molecule has 1 aromatic rings. The zero-order valence-corrected chi connectivity index (χ0v) is 13.6. The summed E-state index contributed by atoms with van der Waals surface area (Å²) in [7, 11) is 0. The third-order valence-corrected chi connectivity index (χ3v) is 4.16. The standard InChI is InChI=1S/C14H15BrClNO4/c15-10-3-4-12(11(16)6-10)21-8-13(18)17-5-1-2-9(7-17)14(19)20/h3-4,6,9H,1-2,5,7-8H2,(H,19,20)/t9-/m0/s1. The minimum absolute atomic E-state index is 0.145. The fourth-order valence-corrected chi connectivity index (χ4v) is 2.96. The summed E-state index contributed by atoms with van der Waals surface area (Å²) >= 11 is 9.29. The van der Waals surface area contributed by atoms with Crippen molar-refractivity contribution in [3.63, 3.8) is 0 Å². The number of carboxylic acids is 1. The number of halogens is 2. The largest absolute Gasteiger partial charge is 0.482 e. The molecule has 7 heteroatoms. The van der Waals surface area contributed by atoms with E-state index >= 15 is 0 Å². The number of amides is 1. The minimum Gasteiger partial charge on any atom is -0.482 e. The van der Waals surface area contributed by atoms with Gasteiger partial charge >= 0.3 is 5.97 Å². The summed E-state index contributed by atoms with van der Waals surface area (Å²) in [6.45, 7) is 0.666. The van der Waals surface area contributed by atoms with Gasteiger partial charge in [0.15, 0.2) is 6.61 Å². The SMILES string of the molecule is O=C(O)[C@H]1CCCN(C(=O)COc2ccc(Br)cc2Cl)C1. The average Bonchev–Trinajstić information content (AvgIpc) is 2.46. The van der Waals surface area contributed by atoms with E-state index in [9.17, 15) is 9.59 Å². The Bertz CT molecular complexity index is 552. The first-order valence-corrected chi connectivity index (χ1v) is 7.73. The zero-order valence-electron chi connectivity index (χ0n) is 11.2. The molecule has 0 radical (unpaired) electrons. The van der Waals surface area contributed by atoms with Gasteiger partial charge in [-0.2, -0.15) is 0 Å². The van der Waals surface area contributed by atoms with Crippen molar-refractivity contribution >= 4 is 39.4 Å². The highest BCUT2D eigenvalue weighted by atomic mass is 79.9. The zero-order chi connectivity index (χ0) is 15.4. The molecule has 1 fully saturated rings. The van der Waals surface area contributed by atoms with Crippen molar-refractivity contribution in [2.75, 3.05) is 19.7 Å². The second-order valence-corrected chi connectivity index (χ2v) is 6.20. The van der Waals surface area contributed by atoms with Crippen LogP contribution in [-0.4, -0.2) is 41.6 Å². The highest BCUT2D eigenvalue weighted by Gasteiger charge is 2.28. The van der Waals surface area contributed by atoms with Crippen molar-refractivity contribution in [3.05, 3.63) is 27.7 Å². The van der Waals surface area contributed by atoms with Crippen LogP contribution in [-0.2, 0) is 9.59 Å².